The van der Waals surface area contributed by atoms with Crippen LogP contribution in [0.1, 0.15) is 18.5 Å². The van der Waals surface area contributed by atoms with Crippen molar-refractivity contribution >= 4 is 27.7 Å². The predicted octanol–water partition coefficient (Wildman–Crippen LogP) is 3.55. The molecule has 2 aromatic rings. The lowest BCUT2D eigenvalue weighted by Gasteiger charge is -2.14. The quantitative estimate of drug-likeness (QED) is 0.571. The molecule has 0 aliphatic carbocycles. The smallest absolute Gasteiger partial charge is 0.263 e. The summed E-state index contributed by atoms with van der Waals surface area (Å²) in [5.74, 6) is 0.813. The van der Waals surface area contributed by atoms with Crippen LogP contribution in [-0.2, 0) is 4.79 Å². The molecule has 1 heterocycles. The lowest BCUT2D eigenvalue weighted by molar-refractivity contribution is -0.117. The van der Waals surface area contributed by atoms with Crippen molar-refractivity contribution < 1.29 is 9.53 Å². The van der Waals surface area contributed by atoms with E-state index < -0.39 is 5.91 Å². The molecular weight excluding hydrogens is 384 g/mol. The summed E-state index contributed by atoms with van der Waals surface area (Å²) < 4.78 is 5.95. The molecule has 0 radical (unpaired) electrons. The molecule has 0 fully saturated rings. The number of rotatable bonds is 6. The summed E-state index contributed by atoms with van der Waals surface area (Å²) in [6.07, 6.45) is 2.96. The number of benzene rings is 1. The first-order chi connectivity index (χ1) is 12.0. The Morgan fingerprint density at radius 2 is 2.04 bits per heavy atom. The first kappa shape index (κ1) is 18.5. The fourth-order valence-corrected chi connectivity index (χ4v) is 2.24. The van der Waals surface area contributed by atoms with Gasteiger partial charge in [-0.15, -0.1) is 0 Å². The summed E-state index contributed by atoms with van der Waals surface area (Å²) in [4.78, 5) is 16.4. The number of methoxy groups -OCH3 is 1. The van der Waals surface area contributed by atoms with Crippen LogP contribution >= 0.6 is 15.9 Å². The fraction of sp³-hybridized carbons (Fsp3) is 0.167. The van der Waals surface area contributed by atoms with Gasteiger partial charge in [0.2, 0.25) is 0 Å². The normalized spacial score (nSPS) is 12.0. The average Bonchev–Trinajstić information content (AvgIpc) is 2.63. The van der Waals surface area contributed by atoms with Gasteiger partial charge in [0.25, 0.3) is 5.91 Å². The van der Waals surface area contributed by atoms with Crippen molar-refractivity contribution in [2.75, 3.05) is 12.4 Å². The Bertz CT molecular complexity index is 795. The minimum atomic E-state index is -0.463. The number of anilines is 1. The van der Waals surface area contributed by atoms with Crippen molar-refractivity contribution in [3.05, 3.63) is 64.4 Å². The average molecular weight is 401 g/mol. The van der Waals surface area contributed by atoms with Crippen molar-refractivity contribution in [1.82, 2.24) is 10.3 Å². The Balaban J connectivity index is 2.01. The van der Waals surface area contributed by atoms with Gasteiger partial charge in [-0.05, 0) is 52.7 Å². The topological polar surface area (TPSA) is 87.0 Å². The van der Waals surface area contributed by atoms with Crippen LogP contribution in [0.5, 0.6) is 5.75 Å². The molecular formula is C18H17BrN4O2. The van der Waals surface area contributed by atoms with E-state index in [0.717, 1.165) is 15.8 Å². The highest BCUT2D eigenvalue weighted by atomic mass is 79.9. The van der Waals surface area contributed by atoms with Gasteiger partial charge in [0.15, 0.2) is 0 Å². The van der Waals surface area contributed by atoms with E-state index in [-0.39, 0.29) is 11.6 Å². The van der Waals surface area contributed by atoms with E-state index in [1.807, 2.05) is 37.3 Å². The Labute approximate surface area is 154 Å². The second-order valence-electron chi connectivity index (χ2n) is 5.14. The third-order valence-corrected chi connectivity index (χ3v) is 3.89. The summed E-state index contributed by atoms with van der Waals surface area (Å²) in [7, 11) is 1.59. The Hall–Kier alpha value is -2.85. The van der Waals surface area contributed by atoms with Crippen molar-refractivity contribution in [3.63, 3.8) is 0 Å². The van der Waals surface area contributed by atoms with Gasteiger partial charge in [-0.25, -0.2) is 4.98 Å². The van der Waals surface area contributed by atoms with Crippen LogP contribution in [0.3, 0.4) is 0 Å². The summed E-state index contributed by atoms with van der Waals surface area (Å²) in [6.45, 7) is 1.85. The molecule has 1 unspecified atom stereocenters. The fourth-order valence-electron chi connectivity index (χ4n) is 2.01. The van der Waals surface area contributed by atoms with Crippen LogP contribution in [0.4, 0.5) is 5.82 Å². The molecule has 2 N–H and O–H groups in total. The SMILES string of the molecule is COc1ccc(C(C)NC(=O)/C(C#N)=C\Nc2ccc(Br)cn2)cc1. The molecule has 6 nitrogen and oxygen atoms in total. The van der Waals surface area contributed by atoms with E-state index in [4.69, 9.17) is 4.74 Å². The number of aromatic nitrogens is 1. The first-order valence-electron chi connectivity index (χ1n) is 7.46. The molecule has 0 aliphatic heterocycles. The molecule has 1 aromatic heterocycles. The third-order valence-electron chi connectivity index (χ3n) is 3.42. The summed E-state index contributed by atoms with van der Waals surface area (Å²) >= 11 is 3.29. The number of hydrogen-bond donors (Lipinski definition) is 2. The molecule has 2 rings (SSSR count). The summed E-state index contributed by atoms with van der Waals surface area (Å²) in [5, 5.41) is 14.8. The van der Waals surface area contributed by atoms with Gasteiger partial charge < -0.3 is 15.4 Å². The molecule has 1 amide bonds. The maximum Gasteiger partial charge on any atom is 0.263 e. The molecule has 0 saturated carbocycles. The molecule has 1 atom stereocenters. The van der Waals surface area contributed by atoms with Crippen molar-refractivity contribution in [2.24, 2.45) is 0 Å². The van der Waals surface area contributed by atoms with Crippen molar-refractivity contribution in [1.29, 1.82) is 5.26 Å². The van der Waals surface area contributed by atoms with E-state index in [1.165, 1.54) is 6.20 Å². The molecule has 128 valence electrons. The van der Waals surface area contributed by atoms with Gasteiger partial charge in [-0.1, -0.05) is 12.1 Å². The number of ether oxygens (including phenoxy) is 1. The van der Waals surface area contributed by atoms with E-state index >= 15 is 0 Å². The lowest BCUT2D eigenvalue weighted by atomic mass is 10.1. The van der Waals surface area contributed by atoms with Crippen LogP contribution in [0.25, 0.3) is 0 Å². The second-order valence-corrected chi connectivity index (χ2v) is 6.06. The Morgan fingerprint density at radius 1 is 1.32 bits per heavy atom. The zero-order valence-corrected chi connectivity index (χ0v) is 15.4. The first-order valence-corrected chi connectivity index (χ1v) is 8.26. The van der Waals surface area contributed by atoms with Crippen LogP contribution in [0.2, 0.25) is 0 Å². The number of pyridine rings is 1. The van der Waals surface area contributed by atoms with Crippen LogP contribution in [0, 0.1) is 11.3 Å². The number of nitrogens with one attached hydrogen (secondary N) is 2. The van der Waals surface area contributed by atoms with E-state index in [1.54, 1.807) is 25.4 Å². The molecule has 0 spiro atoms. The van der Waals surface area contributed by atoms with E-state index in [0.29, 0.717) is 5.82 Å². The molecule has 0 saturated heterocycles. The Kier molecular flexibility index (Phi) is 6.54. The van der Waals surface area contributed by atoms with Gasteiger partial charge in [0.1, 0.15) is 23.2 Å². The molecule has 7 heteroatoms. The van der Waals surface area contributed by atoms with Gasteiger partial charge >= 0.3 is 0 Å². The number of hydrogen-bond acceptors (Lipinski definition) is 5. The van der Waals surface area contributed by atoms with Gasteiger partial charge in [-0.3, -0.25) is 4.79 Å². The summed E-state index contributed by atoms with van der Waals surface area (Å²) in [6, 6.07) is 12.5. The van der Waals surface area contributed by atoms with Crippen molar-refractivity contribution in [2.45, 2.75) is 13.0 Å². The van der Waals surface area contributed by atoms with Crippen LogP contribution in [0.15, 0.2) is 58.8 Å². The minimum absolute atomic E-state index is 0.0370. The number of nitrogens with zero attached hydrogens (tertiary/aromatic N) is 2. The van der Waals surface area contributed by atoms with E-state index in [9.17, 15) is 10.1 Å². The number of carbonyl (C=O) groups excluding carboxylic acids is 1. The summed E-state index contributed by atoms with van der Waals surface area (Å²) in [5.41, 5.74) is 0.874. The van der Waals surface area contributed by atoms with Gasteiger partial charge in [0.05, 0.1) is 13.2 Å². The second kappa shape index (κ2) is 8.85. The number of nitriles is 1. The standard InChI is InChI=1S/C18H17BrN4O2/c1-12(13-3-6-16(25-2)7-4-13)23-18(24)14(9-20)10-21-17-8-5-15(19)11-22-17/h3-8,10-12H,1-2H3,(H,21,22)(H,23,24)/b14-10-. The number of halogens is 1. The van der Waals surface area contributed by atoms with E-state index in [2.05, 4.69) is 31.5 Å². The third kappa shape index (κ3) is 5.33. The minimum Gasteiger partial charge on any atom is -0.497 e. The zero-order valence-electron chi connectivity index (χ0n) is 13.8. The van der Waals surface area contributed by atoms with Crippen LogP contribution < -0.4 is 15.4 Å². The maximum absolute atomic E-state index is 12.3. The zero-order chi connectivity index (χ0) is 18.2. The number of carbonyl (C=O) groups is 1. The predicted molar refractivity (Wildman–Crippen MR) is 98.8 cm³/mol. The van der Waals surface area contributed by atoms with Crippen molar-refractivity contribution in [3.8, 4) is 11.8 Å². The molecule has 1 aromatic carbocycles. The molecule has 0 bridgehead atoms. The maximum atomic E-state index is 12.3. The highest BCUT2D eigenvalue weighted by Crippen LogP contribution is 2.17. The largest absolute Gasteiger partial charge is 0.497 e. The Morgan fingerprint density at radius 3 is 2.60 bits per heavy atom. The van der Waals surface area contributed by atoms with Crippen LogP contribution in [-0.4, -0.2) is 18.0 Å². The molecule has 25 heavy (non-hydrogen) atoms. The highest BCUT2D eigenvalue weighted by Gasteiger charge is 2.14. The highest BCUT2D eigenvalue weighted by molar-refractivity contribution is 9.10. The monoisotopic (exact) mass is 400 g/mol. The van der Waals surface area contributed by atoms with Gasteiger partial charge in [0, 0.05) is 16.9 Å². The number of amides is 1. The lowest BCUT2D eigenvalue weighted by Crippen LogP contribution is -2.28. The molecule has 0 aliphatic rings. The van der Waals surface area contributed by atoms with Gasteiger partial charge in [-0.2, -0.15) is 5.26 Å².